The van der Waals surface area contributed by atoms with Gasteiger partial charge in [-0.3, -0.25) is 4.57 Å². The summed E-state index contributed by atoms with van der Waals surface area (Å²) in [6, 6.07) is 35.5. The molecule has 53 heavy (non-hydrogen) atoms. The summed E-state index contributed by atoms with van der Waals surface area (Å²) in [7, 11) is 0. The molecule has 2 heteroatoms. The van der Waals surface area contributed by atoms with E-state index in [0.717, 1.165) is 33.0 Å². The first-order valence-electron chi connectivity index (χ1n) is 23.8. The summed E-state index contributed by atoms with van der Waals surface area (Å²) >= 11 is 0. The molecule has 248 valence electrons. The highest BCUT2D eigenvalue weighted by Crippen LogP contribution is 2.51. The van der Waals surface area contributed by atoms with Crippen LogP contribution in [0.2, 0.25) is 0 Å². The number of nitrogens with zero attached hydrogens (tertiary/aromatic N) is 2. The second kappa shape index (κ2) is 11.6. The van der Waals surface area contributed by atoms with Gasteiger partial charge in [0.15, 0.2) is 0 Å². The van der Waals surface area contributed by atoms with Crippen LogP contribution in [-0.4, -0.2) is 9.55 Å². The van der Waals surface area contributed by atoms with Gasteiger partial charge in [0, 0.05) is 18.9 Å². The van der Waals surface area contributed by atoms with E-state index >= 15 is 0 Å². The summed E-state index contributed by atoms with van der Waals surface area (Å²) < 4.78 is 117. The number of rotatable bonds is 5. The summed E-state index contributed by atoms with van der Waals surface area (Å²) in [4.78, 5) is 4.47. The molecule has 0 bridgehead atoms. The second-order valence-electron chi connectivity index (χ2n) is 13.2. The van der Waals surface area contributed by atoms with Gasteiger partial charge in [0.2, 0.25) is 0 Å². The molecule has 10 aromatic rings. The average Bonchev–Trinajstić information content (AvgIpc) is 3.88. The van der Waals surface area contributed by atoms with E-state index in [2.05, 4.69) is 17.1 Å². The van der Waals surface area contributed by atoms with Crippen molar-refractivity contribution in [2.45, 2.75) is 13.2 Å². The fourth-order valence-corrected chi connectivity index (χ4v) is 8.26. The molecule has 9 aromatic carbocycles. The van der Waals surface area contributed by atoms with Gasteiger partial charge in [-0.05, 0) is 118 Å². The molecule has 0 aliphatic heterocycles. The molecule has 1 aliphatic rings. The molecule has 11 rings (SSSR count). The highest BCUT2D eigenvalue weighted by molar-refractivity contribution is 6.26. The van der Waals surface area contributed by atoms with E-state index < -0.39 is 37.4 Å². The number of imidazole rings is 1. The molecule has 0 amide bonds. The normalized spacial score (nSPS) is 16.0. The lowest BCUT2D eigenvalue weighted by molar-refractivity contribution is 0.908. The summed E-state index contributed by atoms with van der Waals surface area (Å²) in [5.74, 6) is -0.291. The van der Waals surface area contributed by atoms with E-state index in [4.69, 9.17) is 12.3 Å². The van der Waals surface area contributed by atoms with Crippen molar-refractivity contribution < 1.29 is 17.8 Å². The van der Waals surface area contributed by atoms with Gasteiger partial charge in [-0.2, -0.15) is 0 Å². The molecule has 0 fully saturated rings. The average molecular weight is 688 g/mol. The van der Waals surface area contributed by atoms with Crippen molar-refractivity contribution in [1.29, 1.82) is 0 Å². The quantitative estimate of drug-likeness (QED) is 0.165. The van der Waals surface area contributed by atoms with Gasteiger partial charge in [0.1, 0.15) is 5.82 Å². The van der Waals surface area contributed by atoms with E-state index in [1.54, 1.807) is 60.7 Å². The van der Waals surface area contributed by atoms with Crippen molar-refractivity contribution in [2.24, 2.45) is 0 Å². The number of hydrogen-bond acceptors (Lipinski definition) is 1. The first-order valence-corrected chi connectivity index (χ1v) is 17.3. The lowest BCUT2D eigenvalue weighted by atomic mass is 9.84. The van der Waals surface area contributed by atoms with Crippen LogP contribution >= 0.6 is 0 Å². The van der Waals surface area contributed by atoms with Crippen LogP contribution in [0.4, 0.5) is 0 Å². The zero-order valence-corrected chi connectivity index (χ0v) is 28.0. The Balaban J connectivity index is 1.21. The summed E-state index contributed by atoms with van der Waals surface area (Å²) in [6.07, 6.45) is -2.82. The number of aryl methyl sites for hydroxylation is 1. The standard InChI is InChI=1S/C51H34N2/c1-2-48-52-46-26-9-10-27-47(46)53(48)35-17-12-15-33(31-35)32-14-11-16-34(30-32)49-39-20-5-7-22-41(39)51(42-23-8-6-21-40(42)49)45-29-28-44-37-19-4-3-18-36(37)38-24-13-25-43(45)50(38)44/h3-31H,2H2,1H3/i1D3,2D2,5D,6D,7D,8D,20D,21D,22D,23D. The molecule has 0 saturated carbocycles. The fraction of sp³-hybridized carbons (Fsp3) is 0.0392. The zero-order valence-electron chi connectivity index (χ0n) is 41.0. The minimum absolute atomic E-state index is 0.0902. The Morgan fingerprint density at radius 1 is 0.528 bits per heavy atom. The Morgan fingerprint density at radius 3 is 1.87 bits per heavy atom. The molecule has 0 spiro atoms. The zero-order chi connectivity index (χ0) is 46.3. The van der Waals surface area contributed by atoms with Crippen LogP contribution < -0.4 is 0 Å². The predicted molar refractivity (Wildman–Crippen MR) is 224 cm³/mol. The van der Waals surface area contributed by atoms with Gasteiger partial charge in [0.25, 0.3) is 0 Å². The van der Waals surface area contributed by atoms with Gasteiger partial charge >= 0.3 is 0 Å². The van der Waals surface area contributed by atoms with Gasteiger partial charge in [-0.1, -0.05) is 152 Å². The topological polar surface area (TPSA) is 17.8 Å². The maximum Gasteiger partial charge on any atom is 0.114 e. The van der Waals surface area contributed by atoms with Crippen LogP contribution in [0.3, 0.4) is 0 Å². The first-order chi connectivity index (χ1) is 31.5. The van der Waals surface area contributed by atoms with Crippen LogP contribution in [-0.2, 0) is 6.37 Å². The van der Waals surface area contributed by atoms with Crippen molar-refractivity contribution in [2.75, 3.05) is 0 Å². The van der Waals surface area contributed by atoms with Crippen molar-refractivity contribution in [3.8, 4) is 61.3 Å². The van der Waals surface area contributed by atoms with Crippen LogP contribution in [0.15, 0.2) is 176 Å². The highest BCUT2D eigenvalue weighted by Gasteiger charge is 2.24. The Hall–Kier alpha value is -6.77. The van der Waals surface area contributed by atoms with Crippen molar-refractivity contribution in [3.05, 3.63) is 182 Å². The maximum atomic E-state index is 9.55. The molecule has 1 aromatic heterocycles. The Morgan fingerprint density at radius 2 is 1.11 bits per heavy atom. The largest absolute Gasteiger partial charge is 0.296 e. The number of benzene rings is 9. The first kappa shape index (κ1) is 19.7. The van der Waals surface area contributed by atoms with E-state index in [-0.39, 0.29) is 62.7 Å². The van der Waals surface area contributed by atoms with Crippen molar-refractivity contribution in [3.63, 3.8) is 0 Å². The summed E-state index contributed by atoms with van der Waals surface area (Å²) in [6.45, 7) is -3.04. The lowest BCUT2D eigenvalue weighted by Gasteiger charge is -2.19. The minimum Gasteiger partial charge on any atom is -0.296 e. The smallest absolute Gasteiger partial charge is 0.114 e. The SMILES string of the molecule is [2H]c1c([2H])c([2H])c2c(-c3ccc4c5c(cccc35)-c3ccccc3-4)c3c([2H])c([2H])c([2H])c([2H])c3c(-c3cccc(-c4cccc(-n5c(C([2H])([2H])C([2H])([2H])[2H])nc6ccccc65)c4)c3)c2c1[2H]. The summed E-state index contributed by atoms with van der Waals surface area (Å²) in [5, 5.41) is 2.10. The third kappa shape index (κ3) is 4.42. The molecule has 0 radical (unpaired) electrons. The van der Waals surface area contributed by atoms with Gasteiger partial charge in [-0.25, -0.2) is 4.98 Å². The fourth-order valence-electron chi connectivity index (χ4n) is 8.26. The molecule has 0 atom stereocenters. The minimum atomic E-state index is -3.04. The number of hydrogen-bond donors (Lipinski definition) is 0. The predicted octanol–water partition coefficient (Wildman–Crippen LogP) is 13.7. The second-order valence-corrected chi connectivity index (χ2v) is 13.2. The van der Waals surface area contributed by atoms with Crippen LogP contribution in [0, 0.1) is 0 Å². The van der Waals surface area contributed by atoms with E-state index in [0.29, 0.717) is 39.0 Å². The lowest BCUT2D eigenvalue weighted by Crippen LogP contribution is -2.00. The van der Waals surface area contributed by atoms with Gasteiger partial charge in [-0.15, -0.1) is 0 Å². The van der Waals surface area contributed by atoms with Crippen LogP contribution in [0.25, 0.3) is 105 Å². The molecule has 1 aliphatic carbocycles. The molecular formula is C51H34N2. The monoisotopic (exact) mass is 687 g/mol. The van der Waals surface area contributed by atoms with Crippen LogP contribution in [0.5, 0.6) is 0 Å². The Bertz CT molecular complexity index is 3670. The number of fused-ring (bicyclic) bond motifs is 6. The molecular weight excluding hydrogens is 641 g/mol. The Labute approximate surface area is 326 Å². The third-order valence-corrected chi connectivity index (χ3v) is 10.5. The summed E-state index contributed by atoms with van der Waals surface area (Å²) in [5.41, 5.74) is 8.09. The third-order valence-electron chi connectivity index (χ3n) is 10.5. The van der Waals surface area contributed by atoms with E-state index in [9.17, 15) is 5.48 Å². The maximum absolute atomic E-state index is 9.55. The molecule has 2 nitrogen and oxygen atoms in total. The van der Waals surface area contributed by atoms with E-state index in [1.807, 2.05) is 54.6 Å². The number of para-hydroxylation sites is 2. The molecule has 0 saturated heterocycles. The molecule has 0 unspecified atom stereocenters. The van der Waals surface area contributed by atoms with Crippen molar-refractivity contribution in [1.82, 2.24) is 9.55 Å². The molecule has 0 N–H and O–H groups in total. The van der Waals surface area contributed by atoms with E-state index in [1.165, 1.54) is 4.57 Å². The van der Waals surface area contributed by atoms with Gasteiger partial charge < -0.3 is 0 Å². The van der Waals surface area contributed by atoms with Crippen molar-refractivity contribution >= 4 is 43.4 Å². The highest BCUT2D eigenvalue weighted by atomic mass is 15.1. The van der Waals surface area contributed by atoms with Crippen LogP contribution in [0.1, 0.15) is 30.5 Å². The Kier molecular flexibility index (Phi) is 4.33. The molecule has 1 heterocycles. The number of aromatic nitrogens is 2. The van der Waals surface area contributed by atoms with Gasteiger partial charge in [0.05, 0.1) is 22.0 Å².